The zero-order valence-corrected chi connectivity index (χ0v) is 30.3. The molecule has 0 bridgehead atoms. The smallest absolute Gasteiger partial charge is 0.143 e. The van der Waals surface area contributed by atoms with E-state index in [1.165, 1.54) is 89.4 Å². The molecule has 13 rings (SSSR count). The molecule has 0 aliphatic carbocycles. The van der Waals surface area contributed by atoms with E-state index in [1.54, 1.807) is 0 Å². The molecule has 4 heterocycles. The standard InChI is InChI=1S/C50H26O2S2/c1-3-12-30-28(10-1)44(27-20-21-37-36(26-27)47-38(51-37)22-24-43-49(47)33-15-6-8-19-41(33)54-43)29-11-2-4-13-31(29)45(30)34-16-9-17-35-46-39(52-50(34)35)23-25-42-48(46)32-14-5-7-18-40(32)53-42/h1-26H. The van der Waals surface area contributed by atoms with Crippen molar-refractivity contribution in [2.75, 3.05) is 0 Å². The van der Waals surface area contributed by atoms with E-state index in [1.807, 2.05) is 22.7 Å². The second kappa shape index (κ2) is 10.6. The Balaban J connectivity index is 1.12. The summed E-state index contributed by atoms with van der Waals surface area (Å²) in [6.45, 7) is 0. The van der Waals surface area contributed by atoms with Crippen molar-refractivity contribution >= 4 is 128 Å². The van der Waals surface area contributed by atoms with Gasteiger partial charge >= 0.3 is 0 Å². The molecule has 4 heteroatoms. The molecule has 4 aromatic heterocycles. The van der Waals surface area contributed by atoms with Gasteiger partial charge in [0.2, 0.25) is 0 Å². The van der Waals surface area contributed by atoms with E-state index in [4.69, 9.17) is 8.83 Å². The molecule has 0 saturated carbocycles. The summed E-state index contributed by atoms with van der Waals surface area (Å²) in [6, 6.07) is 57.3. The lowest BCUT2D eigenvalue weighted by Gasteiger charge is -2.18. The van der Waals surface area contributed by atoms with Crippen LogP contribution in [0.2, 0.25) is 0 Å². The molecule has 0 atom stereocenters. The second-order valence-corrected chi connectivity index (χ2v) is 16.4. The Kier molecular flexibility index (Phi) is 5.69. The molecule has 0 radical (unpaired) electrons. The van der Waals surface area contributed by atoms with Gasteiger partial charge in [-0.25, -0.2) is 0 Å². The van der Waals surface area contributed by atoms with Gasteiger partial charge in [0.25, 0.3) is 0 Å². The van der Waals surface area contributed by atoms with Gasteiger partial charge in [-0.05, 0) is 81.2 Å². The van der Waals surface area contributed by atoms with Gasteiger partial charge in [-0.2, -0.15) is 0 Å². The first-order valence-electron chi connectivity index (χ1n) is 18.2. The van der Waals surface area contributed by atoms with Gasteiger partial charge in [0.15, 0.2) is 0 Å². The van der Waals surface area contributed by atoms with Gasteiger partial charge in [-0.3, -0.25) is 0 Å². The molecule has 9 aromatic carbocycles. The predicted molar refractivity (Wildman–Crippen MR) is 233 cm³/mol. The van der Waals surface area contributed by atoms with Crippen molar-refractivity contribution in [1.29, 1.82) is 0 Å². The van der Waals surface area contributed by atoms with Crippen molar-refractivity contribution in [3.05, 3.63) is 158 Å². The van der Waals surface area contributed by atoms with E-state index in [9.17, 15) is 0 Å². The van der Waals surface area contributed by atoms with Crippen LogP contribution in [0.25, 0.3) is 128 Å². The molecule has 13 aromatic rings. The quantitative estimate of drug-likeness (QED) is 0.166. The summed E-state index contributed by atoms with van der Waals surface area (Å²) in [7, 11) is 0. The summed E-state index contributed by atoms with van der Waals surface area (Å²) >= 11 is 3.69. The summed E-state index contributed by atoms with van der Waals surface area (Å²) in [5.41, 5.74) is 8.39. The minimum absolute atomic E-state index is 0.908. The van der Waals surface area contributed by atoms with Crippen LogP contribution < -0.4 is 0 Å². The molecule has 0 aliphatic heterocycles. The van der Waals surface area contributed by atoms with E-state index >= 15 is 0 Å². The minimum Gasteiger partial charge on any atom is -0.456 e. The molecule has 0 spiro atoms. The molecule has 0 unspecified atom stereocenters. The van der Waals surface area contributed by atoms with Crippen LogP contribution in [0.5, 0.6) is 0 Å². The zero-order chi connectivity index (χ0) is 35.1. The first-order valence-corrected chi connectivity index (χ1v) is 19.9. The Bertz CT molecular complexity index is 3680. The van der Waals surface area contributed by atoms with Gasteiger partial charge in [0, 0.05) is 73.0 Å². The van der Waals surface area contributed by atoms with Gasteiger partial charge in [-0.1, -0.05) is 109 Å². The first kappa shape index (κ1) is 29.0. The van der Waals surface area contributed by atoms with Crippen LogP contribution in [0.1, 0.15) is 0 Å². The Morgan fingerprint density at radius 1 is 0.315 bits per heavy atom. The number of rotatable bonds is 2. The summed E-state index contributed by atoms with van der Waals surface area (Å²) in [5.74, 6) is 0. The Morgan fingerprint density at radius 2 is 0.815 bits per heavy atom. The molecule has 0 N–H and O–H groups in total. The molecule has 0 amide bonds. The third-order valence-electron chi connectivity index (χ3n) is 11.5. The molecule has 0 aliphatic rings. The zero-order valence-electron chi connectivity index (χ0n) is 28.6. The number of benzene rings is 9. The monoisotopic (exact) mass is 722 g/mol. The van der Waals surface area contributed by atoms with Crippen LogP contribution in [-0.2, 0) is 0 Å². The fourth-order valence-electron chi connectivity index (χ4n) is 9.27. The lowest BCUT2D eigenvalue weighted by atomic mass is 9.85. The highest BCUT2D eigenvalue weighted by atomic mass is 32.1. The summed E-state index contributed by atoms with van der Waals surface area (Å²) in [5, 5.41) is 14.6. The first-order chi connectivity index (χ1) is 26.8. The van der Waals surface area contributed by atoms with E-state index in [2.05, 4.69) is 158 Å². The van der Waals surface area contributed by atoms with E-state index in [0.29, 0.717) is 0 Å². The highest BCUT2D eigenvalue weighted by Gasteiger charge is 2.23. The number of furan rings is 2. The van der Waals surface area contributed by atoms with Crippen LogP contribution >= 0.6 is 22.7 Å². The fraction of sp³-hybridized carbons (Fsp3) is 0. The number of para-hydroxylation sites is 1. The van der Waals surface area contributed by atoms with Gasteiger partial charge in [0.1, 0.15) is 22.3 Å². The van der Waals surface area contributed by atoms with Gasteiger partial charge in [0.05, 0.1) is 0 Å². The Morgan fingerprint density at radius 3 is 1.44 bits per heavy atom. The fourth-order valence-corrected chi connectivity index (χ4v) is 11.5. The average Bonchev–Trinajstić information content (AvgIpc) is 3.99. The Hall–Kier alpha value is -6.46. The lowest BCUT2D eigenvalue weighted by molar-refractivity contribution is 0.669. The maximum atomic E-state index is 6.91. The SMILES string of the molecule is c1ccc2c(c1)sc1ccc3oc4ccc(-c5c6ccccc6c(-c6cccc7c6oc6ccc8sc9ccccc9c8c67)c6ccccc56)cc4c3c12. The van der Waals surface area contributed by atoms with E-state index < -0.39 is 0 Å². The highest BCUT2D eigenvalue weighted by molar-refractivity contribution is 7.26. The molecule has 0 saturated heterocycles. The normalized spacial score (nSPS) is 12.4. The summed E-state index contributed by atoms with van der Waals surface area (Å²) in [4.78, 5) is 0. The average molecular weight is 723 g/mol. The maximum absolute atomic E-state index is 6.91. The third-order valence-corrected chi connectivity index (χ3v) is 13.7. The van der Waals surface area contributed by atoms with Gasteiger partial charge < -0.3 is 8.83 Å². The number of fused-ring (bicyclic) bond motifs is 16. The van der Waals surface area contributed by atoms with Crippen molar-refractivity contribution in [1.82, 2.24) is 0 Å². The molecular weight excluding hydrogens is 697 g/mol. The number of hydrogen-bond acceptors (Lipinski definition) is 4. The van der Waals surface area contributed by atoms with Crippen molar-refractivity contribution in [2.45, 2.75) is 0 Å². The van der Waals surface area contributed by atoms with Crippen molar-refractivity contribution in [3.63, 3.8) is 0 Å². The molecular formula is C50H26O2S2. The molecule has 0 fully saturated rings. The lowest BCUT2D eigenvalue weighted by Crippen LogP contribution is -1.91. The molecule has 54 heavy (non-hydrogen) atoms. The second-order valence-electron chi connectivity index (χ2n) is 14.3. The summed E-state index contributed by atoms with van der Waals surface area (Å²) < 4.78 is 18.6. The summed E-state index contributed by atoms with van der Waals surface area (Å²) in [6.07, 6.45) is 0. The van der Waals surface area contributed by atoms with Crippen LogP contribution in [0.4, 0.5) is 0 Å². The van der Waals surface area contributed by atoms with Crippen LogP contribution in [0.15, 0.2) is 167 Å². The van der Waals surface area contributed by atoms with Gasteiger partial charge in [-0.15, -0.1) is 22.7 Å². The predicted octanol–water partition coefficient (Wildman–Crippen LogP) is 15.9. The van der Waals surface area contributed by atoms with Crippen molar-refractivity contribution < 1.29 is 8.83 Å². The van der Waals surface area contributed by atoms with Crippen molar-refractivity contribution in [3.8, 4) is 22.3 Å². The number of hydrogen-bond donors (Lipinski definition) is 0. The molecule has 2 nitrogen and oxygen atoms in total. The van der Waals surface area contributed by atoms with Crippen LogP contribution in [0, 0.1) is 0 Å². The number of thiophene rings is 2. The van der Waals surface area contributed by atoms with E-state index in [-0.39, 0.29) is 0 Å². The van der Waals surface area contributed by atoms with Crippen LogP contribution in [0.3, 0.4) is 0 Å². The Labute approximate surface area is 315 Å². The molecule has 250 valence electrons. The van der Waals surface area contributed by atoms with Crippen LogP contribution in [-0.4, -0.2) is 0 Å². The highest BCUT2D eigenvalue weighted by Crippen LogP contribution is 2.50. The maximum Gasteiger partial charge on any atom is 0.143 e. The minimum atomic E-state index is 0.908. The van der Waals surface area contributed by atoms with E-state index in [0.717, 1.165) is 38.7 Å². The largest absolute Gasteiger partial charge is 0.456 e. The third kappa shape index (κ3) is 3.78. The van der Waals surface area contributed by atoms with Crippen molar-refractivity contribution in [2.24, 2.45) is 0 Å². The topological polar surface area (TPSA) is 26.3 Å².